The summed E-state index contributed by atoms with van der Waals surface area (Å²) in [6, 6.07) is 14.2. The monoisotopic (exact) mass is 443 g/mol. The molecule has 0 unspecified atom stereocenters. The molecule has 1 aliphatic rings. The lowest BCUT2D eigenvalue weighted by molar-refractivity contribution is -0.123. The van der Waals surface area contributed by atoms with Crippen LogP contribution < -0.4 is 0 Å². The molecule has 2 aromatic rings. The van der Waals surface area contributed by atoms with Crippen molar-refractivity contribution in [2.45, 2.75) is 51.0 Å². The van der Waals surface area contributed by atoms with E-state index < -0.39 is 5.60 Å². The molecule has 1 aliphatic heterocycles. The summed E-state index contributed by atoms with van der Waals surface area (Å²) < 4.78 is 5.22. The lowest BCUT2D eigenvalue weighted by Gasteiger charge is -2.43. The molecule has 31 heavy (non-hydrogen) atoms. The van der Waals surface area contributed by atoms with Gasteiger partial charge in [-0.1, -0.05) is 54.9 Å². The van der Waals surface area contributed by atoms with Crippen LogP contribution >= 0.6 is 11.6 Å². The van der Waals surface area contributed by atoms with Crippen LogP contribution in [0.1, 0.15) is 50.2 Å². The van der Waals surface area contributed by atoms with Crippen molar-refractivity contribution in [2.24, 2.45) is 5.92 Å². The topological polar surface area (TPSA) is 49.8 Å². The highest BCUT2D eigenvalue weighted by Crippen LogP contribution is 2.45. The summed E-state index contributed by atoms with van der Waals surface area (Å²) in [4.78, 5) is 13.3. The van der Waals surface area contributed by atoms with Crippen molar-refractivity contribution in [2.75, 3.05) is 26.8 Å². The quantitative estimate of drug-likeness (QED) is 0.392. The second-order valence-corrected chi connectivity index (χ2v) is 8.94. The zero-order valence-corrected chi connectivity index (χ0v) is 19.4. The van der Waals surface area contributed by atoms with Crippen LogP contribution in [0.4, 0.5) is 0 Å². The molecule has 1 heterocycles. The number of piperidine rings is 1. The molecular weight excluding hydrogens is 410 g/mol. The fraction of sp³-hybridized carbons (Fsp3) is 0.500. The molecule has 4 nitrogen and oxygen atoms in total. The minimum Gasteiger partial charge on any atom is -0.385 e. The largest absolute Gasteiger partial charge is 0.385 e. The number of aliphatic hydroxyl groups is 1. The number of rotatable bonds is 10. The van der Waals surface area contributed by atoms with Gasteiger partial charge in [-0.05, 0) is 61.3 Å². The zero-order chi connectivity index (χ0) is 22.3. The molecular formula is C26H34ClNO3. The molecule has 0 bridgehead atoms. The number of aryl methyl sites for hydroxylation is 1. The maximum Gasteiger partial charge on any atom is 0.209 e. The Balaban J connectivity index is 2.08. The van der Waals surface area contributed by atoms with Crippen molar-refractivity contribution < 1.29 is 14.6 Å². The summed E-state index contributed by atoms with van der Waals surface area (Å²) >= 11 is 6.75. The number of methoxy groups -OCH3 is 1. The van der Waals surface area contributed by atoms with Gasteiger partial charge in [-0.3, -0.25) is 4.79 Å². The Kier molecular flexibility index (Phi) is 8.53. The summed E-state index contributed by atoms with van der Waals surface area (Å²) in [5, 5.41) is 12.9. The van der Waals surface area contributed by atoms with E-state index in [1.807, 2.05) is 24.3 Å². The normalized spacial score (nSPS) is 18.6. The van der Waals surface area contributed by atoms with E-state index >= 15 is 0 Å². The van der Waals surface area contributed by atoms with Crippen LogP contribution in [-0.2, 0) is 21.6 Å². The summed E-state index contributed by atoms with van der Waals surface area (Å²) in [6.45, 7) is 4.11. The van der Waals surface area contributed by atoms with Crippen LogP contribution in [0.5, 0.6) is 0 Å². The molecule has 3 rings (SSSR count). The number of benzene rings is 2. The summed E-state index contributed by atoms with van der Waals surface area (Å²) in [6.07, 6.45) is 5.94. The van der Waals surface area contributed by atoms with Gasteiger partial charge < -0.3 is 14.7 Å². The minimum atomic E-state index is -1.07. The molecule has 1 amide bonds. The second-order valence-electron chi connectivity index (χ2n) is 8.53. The Morgan fingerprint density at radius 3 is 2.81 bits per heavy atom. The first kappa shape index (κ1) is 23.8. The Morgan fingerprint density at radius 1 is 1.26 bits per heavy atom. The molecule has 5 heteroatoms. The van der Waals surface area contributed by atoms with E-state index in [-0.39, 0.29) is 5.92 Å². The van der Waals surface area contributed by atoms with Gasteiger partial charge in [0.2, 0.25) is 6.41 Å². The van der Waals surface area contributed by atoms with Crippen molar-refractivity contribution in [3.63, 3.8) is 0 Å². The average Bonchev–Trinajstić information content (AvgIpc) is 2.81. The highest BCUT2D eigenvalue weighted by molar-refractivity contribution is 6.33. The van der Waals surface area contributed by atoms with E-state index in [4.69, 9.17) is 16.3 Å². The van der Waals surface area contributed by atoms with E-state index in [0.29, 0.717) is 24.6 Å². The lowest BCUT2D eigenvalue weighted by Crippen LogP contribution is -2.46. The molecule has 0 saturated carbocycles. The van der Waals surface area contributed by atoms with E-state index in [9.17, 15) is 9.90 Å². The van der Waals surface area contributed by atoms with Gasteiger partial charge in [0.1, 0.15) is 0 Å². The molecule has 1 N–H and O–H groups in total. The summed E-state index contributed by atoms with van der Waals surface area (Å²) in [7, 11) is 1.70. The van der Waals surface area contributed by atoms with Gasteiger partial charge >= 0.3 is 0 Å². The van der Waals surface area contributed by atoms with Crippen molar-refractivity contribution >= 4 is 18.0 Å². The van der Waals surface area contributed by atoms with E-state index in [2.05, 4.69) is 25.1 Å². The maximum absolute atomic E-state index is 12.3. The SMILES string of the molecule is CCc1cccc(-c2c(Cl)cccc2[C@](O)(CCCCOC)[C@@H]2CCCN(C=O)C2)c1. The smallest absolute Gasteiger partial charge is 0.209 e. The molecule has 0 radical (unpaired) electrons. The third-order valence-electron chi connectivity index (χ3n) is 6.54. The third-order valence-corrected chi connectivity index (χ3v) is 6.85. The van der Waals surface area contributed by atoms with Crippen LogP contribution in [-0.4, -0.2) is 43.2 Å². The van der Waals surface area contributed by atoms with E-state index in [1.54, 1.807) is 12.0 Å². The number of hydrogen-bond donors (Lipinski definition) is 1. The number of carbonyl (C=O) groups excluding carboxylic acids is 1. The number of nitrogens with zero attached hydrogens (tertiary/aromatic N) is 1. The van der Waals surface area contributed by atoms with E-state index in [1.165, 1.54) is 5.56 Å². The van der Waals surface area contributed by atoms with E-state index in [0.717, 1.165) is 61.7 Å². The molecule has 2 atom stereocenters. The highest BCUT2D eigenvalue weighted by atomic mass is 35.5. The van der Waals surface area contributed by atoms with Gasteiger partial charge in [-0.15, -0.1) is 0 Å². The first-order valence-electron chi connectivity index (χ1n) is 11.3. The molecule has 1 fully saturated rings. The van der Waals surface area contributed by atoms with Crippen LogP contribution in [0.2, 0.25) is 5.02 Å². The number of ether oxygens (including phenoxy) is 1. The van der Waals surface area contributed by atoms with Gasteiger partial charge in [0.15, 0.2) is 0 Å². The van der Waals surface area contributed by atoms with Crippen LogP contribution in [0.15, 0.2) is 42.5 Å². The van der Waals surface area contributed by atoms with Gasteiger partial charge in [-0.2, -0.15) is 0 Å². The fourth-order valence-electron chi connectivity index (χ4n) is 4.82. The fourth-order valence-corrected chi connectivity index (χ4v) is 5.10. The Labute approximate surface area is 191 Å². The van der Waals surface area contributed by atoms with Crippen molar-refractivity contribution in [1.82, 2.24) is 4.90 Å². The molecule has 0 spiro atoms. The summed E-state index contributed by atoms with van der Waals surface area (Å²) in [5.74, 6) is -0.0411. The number of carbonyl (C=O) groups is 1. The first-order chi connectivity index (χ1) is 15.0. The number of halogens is 1. The summed E-state index contributed by atoms with van der Waals surface area (Å²) in [5.41, 5.74) is 2.95. The standard InChI is InChI=1S/C26H34ClNO3/c1-3-20-9-6-10-21(17-20)25-23(12-7-13-24(25)27)26(30,14-4-5-16-31-2)22-11-8-15-28(18-22)19-29/h6-7,9-10,12-13,17,19,22,30H,3-5,8,11,14-16,18H2,1-2H3/t22-,26+/m1/s1. The molecule has 2 aromatic carbocycles. The Morgan fingerprint density at radius 2 is 2.06 bits per heavy atom. The van der Waals surface area contributed by atoms with Crippen LogP contribution in [0.25, 0.3) is 11.1 Å². The van der Waals surface area contributed by atoms with Gasteiger partial charge in [-0.25, -0.2) is 0 Å². The average molecular weight is 444 g/mol. The number of unbranched alkanes of at least 4 members (excludes halogenated alkanes) is 1. The van der Waals surface area contributed by atoms with Gasteiger partial charge in [0.25, 0.3) is 0 Å². The first-order valence-corrected chi connectivity index (χ1v) is 11.7. The van der Waals surface area contributed by atoms with Gasteiger partial charge in [0.05, 0.1) is 5.60 Å². The zero-order valence-electron chi connectivity index (χ0n) is 18.6. The molecule has 168 valence electrons. The number of likely N-dealkylation sites (tertiary alicyclic amines) is 1. The maximum atomic E-state index is 12.3. The predicted molar refractivity (Wildman–Crippen MR) is 126 cm³/mol. The number of hydrogen-bond acceptors (Lipinski definition) is 3. The van der Waals surface area contributed by atoms with Crippen molar-refractivity contribution in [3.8, 4) is 11.1 Å². The molecule has 0 aliphatic carbocycles. The second kappa shape index (κ2) is 11.1. The third kappa shape index (κ3) is 5.49. The number of amides is 1. The molecule has 1 saturated heterocycles. The predicted octanol–water partition coefficient (Wildman–Crippen LogP) is 5.44. The minimum absolute atomic E-state index is 0.0411. The van der Waals surface area contributed by atoms with Crippen LogP contribution in [0, 0.1) is 5.92 Å². The van der Waals surface area contributed by atoms with Crippen molar-refractivity contribution in [1.29, 1.82) is 0 Å². The Hall–Kier alpha value is -1.88. The highest BCUT2D eigenvalue weighted by Gasteiger charge is 2.42. The molecule has 0 aromatic heterocycles. The van der Waals surface area contributed by atoms with Gasteiger partial charge in [0, 0.05) is 43.3 Å². The Bertz CT molecular complexity index is 871. The van der Waals surface area contributed by atoms with Crippen molar-refractivity contribution in [3.05, 3.63) is 58.6 Å². The lowest BCUT2D eigenvalue weighted by atomic mass is 9.72. The van der Waals surface area contributed by atoms with Crippen LogP contribution in [0.3, 0.4) is 0 Å².